The Morgan fingerprint density at radius 3 is 2.61 bits per heavy atom. The lowest BCUT2D eigenvalue weighted by molar-refractivity contribution is 0.127. The Balaban J connectivity index is 1.99. The molecule has 0 bridgehead atoms. The fourth-order valence-corrected chi connectivity index (χ4v) is 2.51. The molecule has 0 amide bonds. The van der Waals surface area contributed by atoms with Gasteiger partial charge in [-0.05, 0) is 55.1 Å². The molecule has 1 aliphatic heterocycles. The summed E-state index contributed by atoms with van der Waals surface area (Å²) < 4.78 is 13.3. The Kier molecular flexibility index (Phi) is 4.69. The number of aliphatic hydroxyl groups excluding tert-OH is 1. The predicted octanol–water partition coefficient (Wildman–Crippen LogP) is 1.49. The molecule has 0 spiro atoms. The summed E-state index contributed by atoms with van der Waals surface area (Å²) >= 11 is 0. The van der Waals surface area contributed by atoms with E-state index in [-0.39, 0.29) is 12.4 Å². The molecule has 1 aliphatic rings. The Bertz CT molecular complexity index is 389. The van der Waals surface area contributed by atoms with Crippen LogP contribution in [0.1, 0.15) is 24.0 Å². The number of aliphatic hydroxyl groups is 1. The average molecular weight is 252 g/mol. The van der Waals surface area contributed by atoms with Crippen molar-refractivity contribution in [2.75, 3.05) is 19.7 Å². The molecule has 0 atom stereocenters. The van der Waals surface area contributed by atoms with E-state index in [0.717, 1.165) is 43.6 Å². The molecular formula is C14H21FN2O. The van der Waals surface area contributed by atoms with Gasteiger partial charge in [-0.25, -0.2) is 4.39 Å². The van der Waals surface area contributed by atoms with Crippen molar-refractivity contribution >= 4 is 0 Å². The molecular weight excluding hydrogens is 231 g/mol. The van der Waals surface area contributed by atoms with Crippen LogP contribution in [0.15, 0.2) is 18.2 Å². The van der Waals surface area contributed by atoms with E-state index in [2.05, 4.69) is 4.90 Å². The molecule has 1 aromatic rings. The summed E-state index contributed by atoms with van der Waals surface area (Å²) in [4.78, 5) is 2.31. The first-order chi connectivity index (χ1) is 8.72. The van der Waals surface area contributed by atoms with Gasteiger partial charge in [0, 0.05) is 19.7 Å². The summed E-state index contributed by atoms with van der Waals surface area (Å²) in [6, 6.07) is 4.81. The molecule has 0 aliphatic carbocycles. The highest BCUT2D eigenvalue weighted by atomic mass is 19.1. The highest BCUT2D eigenvalue weighted by molar-refractivity contribution is 5.27. The normalized spacial score (nSPS) is 18.2. The number of hydrogen-bond donors (Lipinski definition) is 2. The third-order valence-corrected chi connectivity index (χ3v) is 3.75. The van der Waals surface area contributed by atoms with Crippen LogP contribution in [0.2, 0.25) is 0 Å². The van der Waals surface area contributed by atoms with E-state index in [0.29, 0.717) is 12.5 Å². The number of nitrogens with two attached hydrogens (primary N) is 1. The first-order valence-corrected chi connectivity index (χ1v) is 6.53. The van der Waals surface area contributed by atoms with Gasteiger partial charge in [0.05, 0.1) is 0 Å². The van der Waals surface area contributed by atoms with Gasteiger partial charge in [0.1, 0.15) is 5.82 Å². The van der Waals surface area contributed by atoms with E-state index < -0.39 is 0 Å². The third kappa shape index (κ3) is 3.28. The molecule has 3 N–H and O–H groups in total. The molecule has 1 heterocycles. The van der Waals surface area contributed by atoms with Crippen molar-refractivity contribution < 1.29 is 9.50 Å². The van der Waals surface area contributed by atoms with Crippen molar-refractivity contribution in [2.24, 2.45) is 11.7 Å². The van der Waals surface area contributed by atoms with Crippen LogP contribution in [0, 0.1) is 11.7 Å². The fourth-order valence-electron chi connectivity index (χ4n) is 2.51. The number of hydrogen-bond acceptors (Lipinski definition) is 3. The van der Waals surface area contributed by atoms with Crippen LogP contribution < -0.4 is 5.73 Å². The molecule has 1 fully saturated rings. The van der Waals surface area contributed by atoms with Crippen molar-refractivity contribution in [1.29, 1.82) is 0 Å². The van der Waals surface area contributed by atoms with Gasteiger partial charge in [0.2, 0.25) is 0 Å². The molecule has 0 aromatic heterocycles. The second kappa shape index (κ2) is 6.27. The summed E-state index contributed by atoms with van der Waals surface area (Å²) in [5, 5.41) is 9.10. The van der Waals surface area contributed by atoms with E-state index in [1.165, 1.54) is 6.07 Å². The molecule has 0 radical (unpaired) electrons. The standard InChI is InChI=1S/C14H21FN2O/c15-14-2-1-12(8-16)13(7-14)9-17-5-3-11(10-18)4-6-17/h1-2,7,11,18H,3-6,8-10,16H2. The van der Waals surface area contributed by atoms with Crippen molar-refractivity contribution in [3.05, 3.63) is 35.1 Å². The van der Waals surface area contributed by atoms with E-state index in [9.17, 15) is 4.39 Å². The van der Waals surface area contributed by atoms with Crippen LogP contribution in [0.5, 0.6) is 0 Å². The highest BCUT2D eigenvalue weighted by Gasteiger charge is 2.19. The molecule has 18 heavy (non-hydrogen) atoms. The maximum absolute atomic E-state index is 13.3. The van der Waals surface area contributed by atoms with Crippen LogP contribution in [-0.4, -0.2) is 29.7 Å². The number of halogens is 1. The van der Waals surface area contributed by atoms with Gasteiger partial charge in [-0.3, -0.25) is 4.90 Å². The van der Waals surface area contributed by atoms with Gasteiger partial charge < -0.3 is 10.8 Å². The first kappa shape index (κ1) is 13.5. The van der Waals surface area contributed by atoms with Crippen molar-refractivity contribution in [3.8, 4) is 0 Å². The first-order valence-electron chi connectivity index (χ1n) is 6.53. The van der Waals surface area contributed by atoms with Gasteiger partial charge >= 0.3 is 0 Å². The van der Waals surface area contributed by atoms with Crippen LogP contribution in [0.3, 0.4) is 0 Å². The van der Waals surface area contributed by atoms with Crippen molar-refractivity contribution in [2.45, 2.75) is 25.9 Å². The minimum atomic E-state index is -0.201. The molecule has 0 saturated carbocycles. The smallest absolute Gasteiger partial charge is 0.123 e. The maximum Gasteiger partial charge on any atom is 0.123 e. The quantitative estimate of drug-likeness (QED) is 0.853. The van der Waals surface area contributed by atoms with Gasteiger partial charge in [0.15, 0.2) is 0 Å². The molecule has 3 nitrogen and oxygen atoms in total. The lowest BCUT2D eigenvalue weighted by Gasteiger charge is -2.31. The monoisotopic (exact) mass is 252 g/mol. The molecule has 100 valence electrons. The van der Waals surface area contributed by atoms with Crippen molar-refractivity contribution in [1.82, 2.24) is 4.90 Å². The minimum absolute atomic E-state index is 0.201. The number of piperidine rings is 1. The Hall–Kier alpha value is -0.970. The zero-order valence-corrected chi connectivity index (χ0v) is 10.6. The highest BCUT2D eigenvalue weighted by Crippen LogP contribution is 2.20. The van der Waals surface area contributed by atoms with Gasteiger partial charge in [-0.1, -0.05) is 6.07 Å². The maximum atomic E-state index is 13.3. The summed E-state index contributed by atoms with van der Waals surface area (Å²) in [6.45, 7) is 3.41. The van der Waals surface area contributed by atoms with E-state index in [1.807, 2.05) is 0 Å². The van der Waals surface area contributed by atoms with Crippen molar-refractivity contribution in [3.63, 3.8) is 0 Å². The Morgan fingerprint density at radius 2 is 2.00 bits per heavy atom. The predicted molar refractivity (Wildman–Crippen MR) is 69.4 cm³/mol. The Labute approximate surface area is 107 Å². The molecule has 4 heteroatoms. The summed E-state index contributed by atoms with van der Waals surface area (Å²) in [6.07, 6.45) is 2.04. The minimum Gasteiger partial charge on any atom is -0.396 e. The summed E-state index contributed by atoms with van der Waals surface area (Å²) in [5.74, 6) is 0.232. The number of benzene rings is 1. The number of nitrogens with zero attached hydrogens (tertiary/aromatic N) is 1. The topological polar surface area (TPSA) is 49.5 Å². The van der Waals surface area contributed by atoms with E-state index in [1.54, 1.807) is 12.1 Å². The van der Waals surface area contributed by atoms with Gasteiger partial charge in [0.25, 0.3) is 0 Å². The van der Waals surface area contributed by atoms with Crippen LogP contribution in [0.25, 0.3) is 0 Å². The molecule has 2 rings (SSSR count). The lowest BCUT2D eigenvalue weighted by atomic mass is 9.97. The second-order valence-corrected chi connectivity index (χ2v) is 5.02. The average Bonchev–Trinajstić information content (AvgIpc) is 2.40. The van der Waals surface area contributed by atoms with Gasteiger partial charge in [-0.2, -0.15) is 0 Å². The Morgan fingerprint density at radius 1 is 1.28 bits per heavy atom. The van der Waals surface area contributed by atoms with Gasteiger partial charge in [-0.15, -0.1) is 0 Å². The fraction of sp³-hybridized carbons (Fsp3) is 0.571. The molecule has 1 aromatic carbocycles. The van der Waals surface area contributed by atoms with Crippen LogP contribution in [-0.2, 0) is 13.1 Å². The van der Waals surface area contributed by atoms with Crippen LogP contribution >= 0.6 is 0 Å². The van der Waals surface area contributed by atoms with E-state index >= 15 is 0 Å². The molecule has 1 saturated heterocycles. The summed E-state index contributed by atoms with van der Waals surface area (Å²) in [5.41, 5.74) is 7.68. The number of rotatable bonds is 4. The number of likely N-dealkylation sites (tertiary alicyclic amines) is 1. The van der Waals surface area contributed by atoms with Crippen LogP contribution in [0.4, 0.5) is 4.39 Å². The molecule has 0 unspecified atom stereocenters. The van der Waals surface area contributed by atoms with E-state index in [4.69, 9.17) is 10.8 Å². The second-order valence-electron chi connectivity index (χ2n) is 5.02. The summed E-state index contributed by atoms with van der Waals surface area (Å²) in [7, 11) is 0. The largest absolute Gasteiger partial charge is 0.396 e. The zero-order chi connectivity index (χ0) is 13.0. The lowest BCUT2D eigenvalue weighted by Crippen LogP contribution is -2.34. The SMILES string of the molecule is NCc1ccc(F)cc1CN1CCC(CO)CC1. The third-order valence-electron chi connectivity index (χ3n) is 3.75. The zero-order valence-electron chi connectivity index (χ0n) is 10.6.